The van der Waals surface area contributed by atoms with Gasteiger partial charge in [0, 0.05) is 29.0 Å². The number of ether oxygens (including phenoxy) is 1. The van der Waals surface area contributed by atoms with Gasteiger partial charge in [0.15, 0.2) is 5.65 Å². The minimum Gasteiger partial charge on any atom is -0.508 e. The number of hydrogen-bond acceptors (Lipinski definition) is 6. The number of halogens is 1. The lowest BCUT2D eigenvalue weighted by molar-refractivity contribution is 0.0379. The highest BCUT2D eigenvalue weighted by atomic mass is 35.5. The second-order valence-electron chi connectivity index (χ2n) is 6.00. The summed E-state index contributed by atoms with van der Waals surface area (Å²) in [4.78, 5) is 21.2. The topological polar surface area (TPSA) is 84.3 Å². The number of anilines is 2. The molecule has 136 valence electrons. The molecule has 0 bridgehead atoms. The number of aryl methyl sites for hydroxylation is 1. The third-order valence-corrected chi connectivity index (χ3v) is 3.55. The van der Waals surface area contributed by atoms with Gasteiger partial charge in [-0.15, -0.1) is 12.4 Å². The molecule has 0 aliphatic heterocycles. The van der Waals surface area contributed by atoms with E-state index in [2.05, 4.69) is 15.3 Å². The normalized spacial score (nSPS) is 10.5. The maximum atomic E-state index is 12.5. The number of hydrogen-bond donors (Lipinski definition) is 2. The van der Waals surface area contributed by atoms with Crippen LogP contribution in [0, 0.1) is 6.92 Å². The first-order valence-electron chi connectivity index (χ1n) is 7.97. The van der Waals surface area contributed by atoms with Crippen molar-refractivity contribution >= 4 is 40.8 Å². The smallest absolute Gasteiger partial charge is 0.342 e. The van der Waals surface area contributed by atoms with Crippen molar-refractivity contribution in [3.63, 3.8) is 0 Å². The van der Waals surface area contributed by atoms with Gasteiger partial charge >= 0.3 is 5.97 Å². The van der Waals surface area contributed by atoms with Crippen LogP contribution in [0.4, 0.5) is 11.4 Å². The van der Waals surface area contributed by atoms with Gasteiger partial charge in [0.2, 0.25) is 0 Å². The lowest BCUT2D eigenvalue weighted by Crippen LogP contribution is -2.14. The fourth-order valence-corrected chi connectivity index (χ4v) is 2.47. The van der Waals surface area contributed by atoms with Gasteiger partial charge in [-0.05, 0) is 45.0 Å². The number of rotatable bonds is 4. The average Bonchev–Trinajstić information content (AvgIpc) is 2.54. The lowest BCUT2D eigenvalue weighted by Gasteiger charge is -2.15. The largest absolute Gasteiger partial charge is 0.508 e. The molecule has 0 saturated carbocycles. The molecule has 0 aliphatic carbocycles. The van der Waals surface area contributed by atoms with E-state index < -0.39 is 5.97 Å². The molecule has 7 heteroatoms. The third-order valence-electron chi connectivity index (χ3n) is 3.55. The van der Waals surface area contributed by atoms with Crippen molar-refractivity contribution in [2.45, 2.75) is 26.9 Å². The van der Waals surface area contributed by atoms with Gasteiger partial charge in [-0.1, -0.05) is 6.07 Å². The Hall–Kier alpha value is -2.86. The lowest BCUT2D eigenvalue weighted by atomic mass is 10.1. The predicted octanol–water partition coefficient (Wildman–Crippen LogP) is 4.37. The number of aromatic hydroxyl groups is 1. The summed E-state index contributed by atoms with van der Waals surface area (Å²) in [5.41, 5.74) is 2.88. The van der Waals surface area contributed by atoms with Crippen molar-refractivity contribution in [1.82, 2.24) is 9.97 Å². The molecule has 0 amide bonds. The molecular formula is C19H20ClN3O3. The van der Waals surface area contributed by atoms with E-state index in [9.17, 15) is 9.90 Å². The quantitative estimate of drug-likeness (QED) is 0.660. The van der Waals surface area contributed by atoms with E-state index in [4.69, 9.17) is 4.74 Å². The van der Waals surface area contributed by atoms with Crippen LogP contribution in [0.3, 0.4) is 0 Å². The number of phenolic OH excluding ortho intramolecular Hbond substituents is 1. The number of carbonyl (C=O) groups is 1. The molecule has 0 fully saturated rings. The van der Waals surface area contributed by atoms with Gasteiger partial charge in [0.1, 0.15) is 11.3 Å². The summed E-state index contributed by atoms with van der Waals surface area (Å²) in [5, 5.41) is 13.6. The molecule has 0 spiro atoms. The number of aromatic nitrogens is 2. The Balaban J connectivity index is 0.00000243. The van der Waals surface area contributed by atoms with Crippen LogP contribution in [0.15, 0.2) is 42.6 Å². The summed E-state index contributed by atoms with van der Waals surface area (Å²) in [6.07, 6.45) is 1.22. The second kappa shape index (κ2) is 8.01. The molecule has 0 unspecified atom stereocenters. The van der Waals surface area contributed by atoms with E-state index in [1.165, 1.54) is 6.20 Å². The molecule has 3 aromatic rings. The summed E-state index contributed by atoms with van der Waals surface area (Å²) in [7, 11) is 0. The molecule has 6 nitrogen and oxygen atoms in total. The number of esters is 1. The molecule has 26 heavy (non-hydrogen) atoms. The summed E-state index contributed by atoms with van der Waals surface area (Å²) in [6.45, 7) is 5.46. The van der Waals surface area contributed by atoms with E-state index in [1.54, 1.807) is 38.1 Å². The summed E-state index contributed by atoms with van der Waals surface area (Å²) < 4.78 is 5.32. The number of phenols is 1. The summed E-state index contributed by atoms with van der Waals surface area (Å²) in [6, 6.07) is 10.4. The Morgan fingerprint density at radius 2 is 2.00 bits per heavy atom. The number of carbonyl (C=O) groups excluding carboxylic acids is 1. The molecule has 0 atom stereocenters. The Bertz CT molecular complexity index is 944. The average molecular weight is 374 g/mol. The van der Waals surface area contributed by atoms with Crippen LogP contribution in [0.5, 0.6) is 5.75 Å². The van der Waals surface area contributed by atoms with Crippen LogP contribution >= 0.6 is 12.4 Å². The number of nitrogens with one attached hydrogen (secondary N) is 1. The fraction of sp³-hybridized carbons (Fsp3) is 0.211. The Morgan fingerprint density at radius 1 is 1.23 bits per heavy atom. The minimum atomic E-state index is -0.465. The van der Waals surface area contributed by atoms with Crippen LogP contribution in [0.2, 0.25) is 0 Å². The van der Waals surface area contributed by atoms with Gasteiger partial charge in [-0.2, -0.15) is 0 Å². The van der Waals surface area contributed by atoms with Crippen molar-refractivity contribution in [3.8, 4) is 5.75 Å². The molecule has 0 aliphatic rings. The van der Waals surface area contributed by atoms with E-state index in [-0.39, 0.29) is 24.3 Å². The Kier molecular flexibility index (Phi) is 6.00. The predicted molar refractivity (Wildman–Crippen MR) is 103 cm³/mol. The zero-order chi connectivity index (χ0) is 18.0. The third kappa shape index (κ3) is 4.21. The Morgan fingerprint density at radius 3 is 2.69 bits per heavy atom. The number of nitrogens with zero attached hydrogens (tertiary/aromatic N) is 2. The van der Waals surface area contributed by atoms with Crippen molar-refractivity contribution in [3.05, 3.63) is 53.9 Å². The fourth-order valence-electron chi connectivity index (χ4n) is 2.47. The maximum absolute atomic E-state index is 12.5. The molecule has 2 N–H and O–H groups in total. The zero-order valence-electron chi connectivity index (χ0n) is 14.7. The molecular weight excluding hydrogens is 354 g/mol. The van der Waals surface area contributed by atoms with Crippen LogP contribution < -0.4 is 5.32 Å². The first-order chi connectivity index (χ1) is 11.9. The van der Waals surface area contributed by atoms with Crippen LogP contribution in [-0.4, -0.2) is 27.1 Å². The molecule has 0 radical (unpaired) electrons. The maximum Gasteiger partial charge on any atom is 0.342 e. The van der Waals surface area contributed by atoms with Gasteiger partial charge in [-0.25, -0.2) is 14.8 Å². The van der Waals surface area contributed by atoms with E-state index in [1.807, 2.05) is 19.1 Å². The molecule has 1 aromatic carbocycles. The van der Waals surface area contributed by atoms with Crippen molar-refractivity contribution in [1.29, 1.82) is 0 Å². The van der Waals surface area contributed by atoms with Crippen molar-refractivity contribution < 1.29 is 14.6 Å². The SMILES string of the molecule is Cc1ccc2c(Nc3cccc(O)c3)c(C(=O)OC(C)C)cnc2n1.Cl. The zero-order valence-corrected chi connectivity index (χ0v) is 15.5. The molecule has 2 aromatic heterocycles. The van der Waals surface area contributed by atoms with Gasteiger partial charge in [0.25, 0.3) is 0 Å². The first kappa shape index (κ1) is 19.5. The number of pyridine rings is 2. The second-order valence-corrected chi connectivity index (χ2v) is 6.00. The van der Waals surface area contributed by atoms with Crippen LogP contribution in [0.25, 0.3) is 11.0 Å². The van der Waals surface area contributed by atoms with E-state index in [0.717, 1.165) is 5.69 Å². The van der Waals surface area contributed by atoms with Crippen LogP contribution in [-0.2, 0) is 4.74 Å². The van der Waals surface area contributed by atoms with Crippen molar-refractivity contribution in [2.24, 2.45) is 0 Å². The number of benzene rings is 1. The molecule has 3 rings (SSSR count). The molecule has 2 heterocycles. The van der Waals surface area contributed by atoms with E-state index >= 15 is 0 Å². The van der Waals surface area contributed by atoms with Gasteiger partial charge < -0.3 is 15.2 Å². The minimum absolute atomic E-state index is 0. The first-order valence-corrected chi connectivity index (χ1v) is 7.97. The standard InChI is InChI=1S/C19H19N3O3.ClH/c1-11(2)25-19(24)16-10-20-18-15(8-7-12(3)21-18)17(16)22-13-5-4-6-14(23)9-13;/h4-11,23H,1-3H3,(H,20,21,22);1H. The Labute approximate surface area is 157 Å². The van der Waals surface area contributed by atoms with Gasteiger partial charge in [-0.3, -0.25) is 0 Å². The van der Waals surface area contributed by atoms with E-state index in [0.29, 0.717) is 28.0 Å². The highest BCUT2D eigenvalue weighted by molar-refractivity contribution is 6.05. The summed E-state index contributed by atoms with van der Waals surface area (Å²) in [5.74, 6) is -0.337. The number of fused-ring (bicyclic) bond motifs is 1. The van der Waals surface area contributed by atoms with Gasteiger partial charge in [0.05, 0.1) is 11.8 Å². The van der Waals surface area contributed by atoms with Crippen molar-refractivity contribution in [2.75, 3.05) is 5.32 Å². The molecule has 0 saturated heterocycles. The highest BCUT2D eigenvalue weighted by Crippen LogP contribution is 2.30. The monoisotopic (exact) mass is 373 g/mol. The van der Waals surface area contributed by atoms with Crippen LogP contribution in [0.1, 0.15) is 29.9 Å². The highest BCUT2D eigenvalue weighted by Gasteiger charge is 2.19. The summed E-state index contributed by atoms with van der Waals surface area (Å²) >= 11 is 0.